The van der Waals surface area contributed by atoms with Gasteiger partial charge in [0.25, 0.3) is 0 Å². The van der Waals surface area contributed by atoms with E-state index in [2.05, 4.69) is 13.8 Å². The number of carboxylic acids is 1. The van der Waals surface area contributed by atoms with Crippen LogP contribution in [0.4, 0.5) is 0 Å². The second kappa shape index (κ2) is 7.67. The lowest BCUT2D eigenvalue weighted by Gasteiger charge is -2.16. The van der Waals surface area contributed by atoms with Crippen molar-refractivity contribution in [1.29, 1.82) is 0 Å². The van der Waals surface area contributed by atoms with Crippen LogP contribution in [0, 0.1) is 5.92 Å². The van der Waals surface area contributed by atoms with Gasteiger partial charge >= 0.3 is 5.97 Å². The molecule has 1 aromatic carbocycles. The topological polar surface area (TPSA) is 66.8 Å². The smallest absolute Gasteiger partial charge is 0.335 e. The summed E-state index contributed by atoms with van der Waals surface area (Å²) in [6.45, 7) is 4.83. The fraction of sp³-hybridized carbons (Fsp3) is 0.533. The molecule has 1 rings (SSSR count). The summed E-state index contributed by atoms with van der Waals surface area (Å²) < 4.78 is 5.60. The highest BCUT2D eigenvalue weighted by Gasteiger charge is 2.10. The number of phenolic OH excluding ortho intramolecular Hbond substituents is 1. The summed E-state index contributed by atoms with van der Waals surface area (Å²) in [7, 11) is 0. The molecule has 0 aromatic heterocycles. The Morgan fingerprint density at radius 3 is 2.63 bits per heavy atom. The van der Waals surface area contributed by atoms with Gasteiger partial charge in [0.2, 0.25) is 0 Å². The van der Waals surface area contributed by atoms with Crippen LogP contribution in [0.2, 0.25) is 0 Å². The maximum absolute atomic E-state index is 10.9. The molecule has 106 valence electrons. The molecule has 0 saturated carbocycles. The summed E-state index contributed by atoms with van der Waals surface area (Å²) in [4.78, 5) is 10.9. The SMILES string of the molecule is CCCCC(CC)COc1cc(O)cc(C(=O)O)c1. The van der Waals surface area contributed by atoms with E-state index in [1.165, 1.54) is 24.6 Å². The minimum Gasteiger partial charge on any atom is -0.508 e. The molecule has 0 fully saturated rings. The Morgan fingerprint density at radius 2 is 2.05 bits per heavy atom. The van der Waals surface area contributed by atoms with Crippen LogP contribution in [0.15, 0.2) is 18.2 Å². The summed E-state index contributed by atoms with van der Waals surface area (Å²) >= 11 is 0. The Kier molecular flexibility index (Phi) is 6.19. The summed E-state index contributed by atoms with van der Waals surface area (Å²) in [6.07, 6.45) is 4.47. The van der Waals surface area contributed by atoms with Gasteiger partial charge in [0.15, 0.2) is 0 Å². The number of hydrogen-bond acceptors (Lipinski definition) is 3. The van der Waals surface area contributed by atoms with Crippen molar-refractivity contribution >= 4 is 5.97 Å². The largest absolute Gasteiger partial charge is 0.508 e. The molecular formula is C15H22O4. The van der Waals surface area contributed by atoms with E-state index in [1.54, 1.807) is 0 Å². The van der Waals surface area contributed by atoms with Crippen LogP contribution in [-0.2, 0) is 0 Å². The van der Waals surface area contributed by atoms with E-state index in [4.69, 9.17) is 9.84 Å². The lowest BCUT2D eigenvalue weighted by molar-refractivity contribution is 0.0695. The summed E-state index contributed by atoms with van der Waals surface area (Å²) in [6, 6.07) is 4.09. The number of phenols is 1. The quantitative estimate of drug-likeness (QED) is 0.753. The van der Waals surface area contributed by atoms with Crippen molar-refractivity contribution < 1.29 is 19.7 Å². The monoisotopic (exact) mass is 266 g/mol. The van der Waals surface area contributed by atoms with E-state index in [-0.39, 0.29) is 11.3 Å². The zero-order chi connectivity index (χ0) is 14.3. The minimum atomic E-state index is -1.07. The molecule has 0 spiro atoms. The van der Waals surface area contributed by atoms with E-state index in [9.17, 15) is 9.90 Å². The summed E-state index contributed by atoms with van der Waals surface area (Å²) in [5.74, 6) is -0.279. The zero-order valence-corrected chi connectivity index (χ0v) is 11.6. The Bertz CT molecular complexity index is 415. The first-order valence-corrected chi connectivity index (χ1v) is 6.77. The highest BCUT2D eigenvalue weighted by atomic mass is 16.5. The molecule has 0 amide bonds. The Morgan fingerprint density at radius 1 is 1.32 bits per heavy atom. The first-order valence-electron chi connectivity index (χ1n) is 6.77. The van der Waals surface area contributed by atoms with Gasteiger partial charge < -0.3 is 14.9 Å². The third kappa shape index (κ3) is 5.20. The second-order valence-electron chi connectivity index (χ2n) is 4.75. The normalized spacial score (nSPS) is 12.1. The molecule has 19 heavy (non-hydrogen) atoms. The van der Waals surface area contributed by atoms with Gasteiger partial charge in [-0.15, -0.1) is 0 Å². The van der Waals surface area contributed by atoms with Crippen molar-refractivity contribution in [3.05, 3.63) is 23.8 Å². The number of rotatable bonds is 8. The van der Waals surface area contributed by atoms with Crippen LogP contribution in [0.3, 0.4) is 0 Å². The predicted octanol–water partition coefficient (Wildman–Crippen LogP) is 3.69. The standard InChI is InChI=1S/C15H22O4/c1-3-5-6-11(4-2)10-19-14-8-12(15(17)18)7-13(16)9-14/h7-9,11,16H,3-6,10H2,1-2H3,(H,17,18). The van der Waals surface area contributed by atoms with Crippen molar-refractivity contribution in [1.82, 2.24) is 0 Å². The highest BCUT2D eigenvalue weighted by Crippen LogP contribution is 2.23. The van der Waals surface area contributed by atoms with Gasteiger partial charge in [0, 0.05) is 6.07 Å². The van der Waals surface area contributed by atoms with E-state index in [0.29, 0.717) is 18.3 Å². The number of aromatic carboxylic acids is 1. The predicted molar refractivity (Wildman–Crippen MR) is 73.9 cm³/mol. The molecule has 1 unspecified atom stereocenters. The number of ether oxygens (including phenoxy) is 1. The second-order valence-corrected chi connectivity index (χ2v) is 4.75. The van der Waals surface area contributed by atoms with Gasteiger partial charge in [0.05, 0.1) is 12.2 Å². The molecule has 2 N–H and O–H groups in total. The van der Waals surface area contributed by atoms with Gasteiger partial charge in [-0.2, -0.15) is 0 Å². The van der Waals surface area contributed by atoms with Gasteiger partial charge in [-0.1, -0.05) is 33.1 Å². The van der Waals surface area contributed by atoms with Crippen LogP contribution in [0.25, 0.3) is 0 Å². The molecule has 0 bridgehead atoms. The Labute approximate surface area is 114 Å². The number of carboxylic acid groups (broad SMARTS) is 1. The van der Waals surface area contributed by atoms with E-state index in [0.717, 1.165) is 19.3 Å². The molecule has 0 aliphatic carbocycles. The Hall–Kier alpha value is -1.71. The maximum atomic E-state index is 10.9. The molecule has 4 heteroatoms. The molecule has 0 aliphatic rings. The number of aromatic hydroxyl groups is 1. The molecule has 4 nitrogen and oxygen atoms in total. The lowest BCUT2D eigenvalue weighted by Crippen LogP contribution is -2.11. The summed E-state index contributed by atoms with van der Waals surface area (Å²) in [5, 5.41) is 18.4. The number of carbonyl (C=O) groups is 1. The maximum Gasteiger partial charge on any atom is 0.335 e. The first kappa shape index (κ1) is 15.3. The van der Waals surface area contributed by atoms with Crippen LogP contribution in [0.5, 0.6) is 11.5 Å². The molecule has 0 radical (unpaired) electrons. The molecule has 0 saturated heterocycles. The number of hydrogen-bond donors (Lipinski definition) is 2. The van der Waals surface area contributed by atoms with Gasteiger partial charge in [-0.05, 0) is 24.5 Å². The lowest BCUT2D eigenvalue weighted by atomic mass is 10.0. The third-order valence-corrected chi connectivity index (χ3v) is 3.17. The molecular weight excluding hydrogens is 244 g/mol. The molecule has 0 aliphatic heterocycles. The first-order chi connectivity index (χ1) is 9.06. The fourth-order valence-corrected chi connectivity index (χ4v) is 1.90. The van der Waals surface area contributed by atoms with Gasteiger partial charge in [-0.3, -0.25) is 0 Å². The molecule has 0 heterocycles. The number of unbranched alkanes of at least 4 members (excludes halogenated alkanes) is 1. The fourth-order valence-electron chi connectivity index (χ4n) is 1.90. The van der Waals surface area contributed by atoms with Crippen molar-refractivity contribution in [2.75, 3.05) is 6.61 Å². The molecule has 1 atom stereocenters. The van der Waals surface area contributed by atoms with Crippen molar-refractivity contribution in [3.8, 4) is 11.5 Å². The van der Waals surface area contributed by atoms with Crippen LogP contribution in [-0.4, -0.2) is 22.8 Å². The number of benzene rings is 1. The van der Waals surface area contributed by atoms with E-state index < -0.39 is 5.97 Å². The molecule has 1 aromatic rings. The third-order valence-electron chi connectivity index (χ3n) is 3.17. The highest BCUT2D eigenvalue weighted by molar-refractivity contribution is 5.88. The van der Waals surface area contributed by atoms with Crippen LogP contribution < -0.4 is 4.74 Å². The average molecular weight is 266 g/mol. The Balaban J connectivity index is 2.63. The van der Waals surface area contributed by atoms with Crippen molar-refractivity contribution in [2.45, 2.75) is 39.5 Å². The van der Waals surface area contributed by atoms with Crippen LogP contribution >= 0.6 is 0 Å². The van der Waals surface area contributed by atoms with Gasteiger partial charge in [0.1, 0.15) is 11.5 Å². The van der Waals surface area contributed by atoms with E-state index >= 15 is 0 Å². The summed E-state index contributed by atoms with van der Waals surface area (Å²) in [5.41, 5.74) is 0.0385. The van der Waals surface area contributed by atoms with Gasteiger partial charge in [-0.25, -0.2) is 4.79 Å². The van der Waals surface area contributed by atoms with Crippen LogP contribution in [0.1, 0.15) is 49.9 Å². The zero-order valence-electron chi connectivity index (χ0n) is 11.6. The average Bonchev–Trinajstić information content (AvgIpc) is 2.38. The van der Waals surface area contributed by atoms with E-state index in [1.807, 2.05) is 0 Å². The van der Waals surface area contributed by atoms with Crippen molar-refractivity contribution in [2.24, 2.45) is 5.92 Å². The van der Waals surface area contributed by atoms with Crippen molar-refractivity contribution in [3.63, 3.8) is 0 Å². The minimum absolute atomic E-state index is 0.0385.